The van der Waals surface area contributed by atoms with Crippen molar-refractivity contribution >= 4 is 17.7 Å². The zero-order valence-corrected chi connectivity index (χ0v) is 12.5. The summed E-state index contributed by atoms with van der Waals surface area (Å²) in [5.74, 6) is 2.82. The fourth-order valence-corrected chi connectivity index (χ4v) is 4.02. The Morgan fingerprint density at radius 2 is 1.74 bits per heavy atom. The Bertz CT molecular complexity index is 308. The second-order valence-corrected chi connectivity index (χ2v) is 7.22. The third-order valence-electron chi connectivity index (χ3n) is 4.43. The van der Waals surface area contributed by atoms with Crippen LogP contribution in [0.4, 0.5) is 0 Å². The van der Waals surface area contributed by atoms with E-state index in [4.69, 9.17) is 0 Å². The molecule has 19 heavy (non-hydrogen) atoms. The van der Waals surface area contributed by atoms with E-state index in [2.05, 4.69) is 26.9 Å². The quantitative estimate of drug-likeness (QED) is 0.827. The maximum atomic E-state index is 11.8. The minimum atomic E-state index is 0.232. The second-order valence-electron chi connectivity index (χ2n) is 6.00. The highest BCUT2D eigenvalue weighted by Gasteiger charge is 2.28. The summed E-state index contributed by atoms with van der Waals surface area (Å²) in [6.07, 6.45) is 4.84. The van der Waals surface area contributed by atoms with Crippen molar-refractivity contribution in [1.82, 2.24) is 15.1 Å². The molecule has 4 nitrogen and oxygen atoms in total. The molecule has 3 rings (SSSR count). The van der Waals surface area contributed by atoms with Gasteiger partial charge in [-0.1, -0.05) is 0 Å². The summed E-state index contributed by atoms with van der Waals surface area (Å²) in [4.78, 5) is 16.8. The molecule has 0 spiro atoms. The van der Waals surface area contributed by atoms with E-state index in [9.17, 15) is 4.79 Å². The van der Waals surface area contributed by atoms with E-state index in [-0.39, 0.29) is 5.91 Å². The molecule has 0 unspecified atom stereocenters. The fourth-order valence-electron chi connectivity index (χ4n) is 3.09. The van der Waals surface area contributed by atoms with E-state index in [0.717, 1.165) is 19.1 Å². The molecule has 0 radical (unpaired) electrons. The Morgan fingerprint density at radius 1 is 1.05 bits per heavy atom. The first-order valence-electron chi connectivity index (χ1n) is 7.65. The van der Waals surface area contributed by atoms with Crippen LogP contribution in [0.1, 0.15) is 25.7 Å². The number of likely N-dealkylation sites (tertiary alicyclic amines) is 1. The van der Waals surface area contributed by atoms with Gasteiger partial charge in [0.2, 0.25) is 5.91 Å². The van der Waals surface area contributed by atoms with E-state index in [1.807, 2.05) is 0 Å². The van der Waals surface area contributed by atoms with Crippen LogP contribution in [0.2, 0.25) is 0 Å². The van der Waals surface area contributed by atoms with Crippen LogP contribution in [-0.2, 0) is 4.79 Å². The largest absolute Gasteiger partial charge is 0.352 e. The van der Waals surface area contributed by atoms with Crippen molar-refractivity contribution in [3.63, 3.8) is 0 Å². The van der Waals surface area contributed by atoms with Gasteiger partial charge in [0.1, 0.15) is 0 Å². The van der Waals surface area contributed by atoms with Crippen molar-refractivity contribution in [2.45, 2.75) is 37.8 Å². The third-order valence-corrected chi connectivity index (χ3v) is 5.37. The van der Waals surface area contributed by atoms with E-state index >= 15 is 0 Å². The monoisotopic (exact) mass is 283 g/mol. The number of amides is 1. The van der Waals surface area contributed by atoms with E-state index in [0.29, 0.717) is 12.6 Å². The number of piperidine rings is 1. The van der Waals surface area contributed by atoms with Crippen molar-refractivity contribution < 1.29 is 4.79 Å². The number of hydrogen-bond donors (Lipinski definition) is 1. The van der Waals surface area contributed by atoms with Gasteiger partial charge in [0.15, 0.2) is 0 Å². The van der Waals surface area contributed by atoms with Crippen LogP contribution in [-0.4, -0.2) is 72.0 Å². The predicted molar refractivity (Wildman–Crippen MR) is 79.5 cm³/mol. The molecule has 108 valence electrons. The molecule has 0 aromatic carbocycles. The van der Waals surface area contributed by atoms with Gasteiger partial charge in [-0.3, -0.25) is 14.6 Å². The smallest absolute Gasteiger partial charge is 0.234 e. The summed E-state index contributed by atoms with van der Waals surface area (Å²) in [5.41, 5.74) is 0. The molecular formula is C14H25N3OS. The summed E-state index contributed by atoms with van der Waals surface area (Å²) in [6.45, 7) is 5.31. The van der Waals surface area contributed by atoms with Gasteiger partial charge in [0.05, 0.1) is 6.54 Å². The molecule has 0 bridgehead atoms. The van der Waals surface area contributed by atoms with Crippen molar-refractivity contribution in [1.29, 1.82) is 0 Å². The van der Waals surface area contributed by atoms with E-state index in [1.165, 1.54) is 50.3 Å². The van der Waals surface area contributed by atoms with Crippen LogP contribution in [0.25, 0.3) is 0 Å². The molecule has 5 heteroatoms. The minimum Gasteiger partial charge on any atom is -0.352 e. The summed E-state index contributed by atoms with van der Waals surface area (Å²) in [5, 5.41) is 3.08. The van der Waals surface area contributed by atoms with Crippen molar-refractivity contribution in [2.75, 3.05) is 44.2 Å². The Labute approximate surface area is 120 Å². The highest BCUT2D eigenvalue weighted by Crippen LogP contribution is 2.21. The molecule has 1 saturated carbocycles. The number of nitrogens with zero attached hydrogens (tertiary/aromatic N) is 2. The minimum absolute atomic E-state index is 0.232. The van der Waals surface area contributed by atoms with Crippen LogP contribution in [0.3, 0.4) is 0 Å². The second kappa shape index (κ2) is 6.46. The SMILES string of the molecule is O=C(CN1CCC(N2CCSCC2)CC1)NC1CC1. The maximum absolute atomic E-state index is 11.8. The maximum Gasteiger partial charge on any atom is 0.234 e. The van der Waals surface area contributed by atoms with Gasteiger partial charge in [0.25, 0.3) is 0 Å². The zero-order chi connectivity index (χ0) is 13.1. The van der Waals surface area contributed by atoms with Gasteiger partial charge in [-0.25, -0.2) is 0 Å². The Morgan fingerprint density at radius 3 is 2.37 bits per heavy atom. The molecule has 0 aromatic rings. The number of carbonyl (C=O) groups excluding carboxylic acids is 1. The zero-order valence-electron chi connectivity index (χ0n) is 11.6. The van der Waals surface area contributed by atoms with Crippen molar-refractivity contribution in [3.05, 3.63) is 0 Å². The van der Waals surface area contributed by atoms with Gasteiger partial charge in [-0.2, -0.15) is 11.8 Å². The first-order chi connectivity index (χ1) is 9.31. The highest BCUT2D eigenvalue weighted by molar-refractivity contribution is 7.99. The van der Waals surface area contributed by atoms with Crippen LogP contribution >= 0.6 is 11.8 Å². The molecule has 0 atom stereocenters. The number of thioether (sulfide) groups is 1. The fraction of sp³-hybridized carbons (Fsp3) is 0.929. The number of hydrogen-bond acceptors (Lipinski definition) is 4. The van der Waals surface area contributed by atoms with Crippen LogP contribution in [0.15, 0.2) is 0 Å². The number of carbonyl (C=O) groups is 1. The normalized spacial score (nSPS) is 27.4. The molecule has 1 amide bonds. The average Bonchev–Trinajstić information content (AvgIpc) is 3.24. The first-order valence-corrected chi connectivity index (χ1v) is 8.80. The molecule has 2 heterocycles. The molecule has 3 fully saturated rings. The lowest BCUT2D eigenvalue weighted by Gasteiger charge is -2.39. The molecule has 2 saturated heterocycles. The summed E-state index contributed by atoms with van der Waals surface area (Å²) >= 11 is 2.08. The number of nitrogens with one attached hydrogen (secondary N) is 1. The predicted octanol–water partition coefficient (Wildman–Crippen LogP) is 0.778. The lowest BCUT2D eigenvalue weighted by Crippen LogP contribution is -2.49. The van der Waals surface area contributed by atoms with Crippen LogP contribution in [0.5, 0.6) is 0 Å². The summed E-state index contributed by atoms with van der Waals surface area (Å²) in [7, 11) is 0. The Kier molecular flexibility index (Phi) is 4.66. The van der Waals surface area contributed by atoms with Gasteiger partial charge in [0, 0.05) is 49.8 Å². The van der Waals surface area contributed by atoms with Crippen LogP contribution < -0.4 is 5.32 Å². The topological polar surface area (TPSA) is 35.6 Å². The summed E-state index contributed by atoms with van der Waals surface area (Å²) in [6, 6.07) is 1.26. The average molecular weight is 283 g/mol. The Hall–Kier alpha value is -0.260. The molecule has 1 N–H and O–H groups in total. The van der Waals surface area contributed by atoms with Gasteiger partial charge in [-0.05, 0) is 25.7 Å². The molecule has 0 aromatic heterocycles. The van der Waals surface area contributed by atoms with E-state index in [1.54, 1.807) is 0 Å². The third kappa shape index (κ3) is 4.10. The van der Waals surface area contributed by atoms with Crippen molar-refractivity contribution in [2.24, 2.45) is 0 Å². The Balaban J connectivity index is 1.37. The summed E-state index contributed by atoms with van der Waals surface area (Å²) < 4.78 is 0. The first kappa shape index (κ1) is 13.7. The lowest BCUT2D eigenvalue weighted by atomic mass is 10.0. The highest BCUT2D eigenvalue weighted by atomic mass is 32.2. The van der Waals surface area contributed by atoms with Gasteiger partial charge in [-0.15, -0.1) is 0 Å². The lowest BCUT2D eigenvalue weighted by molar-refractivity contribution is -0.122. The molecule has 2 aliphatic heterocycles. The van der Waals surface area contributed by atoms with E-state index < -0.39 is 0 Å². The van der Waals surface area contributed by atoms with Crippen molar-refractivity contribution in [3.8, 4) is 0 Å². The number of rotatable bonds is 4. The standard InChI is InChI=1S/C14H25N3OS/c18-14(15-12-1-2-12)11-16-5-3-13(4-6-16)17-7-9-19-10-8-17/h12-13H,1-11H2,(H,15,18). The molecule has 3 aliphatic rings. The van der Waals surface area contributed by atoms with Gasteiger partial charge >= 0.3 is 0 Å². The molecular weight excluding hydrogens is 258 g/mol. The van der Waals surface area contributed by atoms with Gasteiger partial charge < -0.3 is 5.32 Å². The van der Waals surface area contributed by atoms with Crippen LogP contribution in [0, 0.1) is 0 Å². The molecule has 1 aliphatic carbocycles.